The number of imidazole rings is 1. The number of unbranched alkanes of at least 4 members (excludes halogenated alkanes) is 1. The second kappa shape index (κ2) is 18.7. The van der Waals surface area contributed by atoms with Crippen LogP contribution in [-0.2, 0) is 37.4 Å². The number of fused-ring (bicyclic) bond motifs is 1. The van der Waals surface area contributed by atoms with Gasteiger partial charge in [0.2, 0.25) is 0 Å². The van der Waals surface area contributed by atoms with Crippen LogP contribution in [-0.4, -0.2) is 63.7 Å². The number of carbonyl (C=O) groups excluding carboxylic acids is 1. The van der Waals surface area contributed by atoms with Crippen molar-refractivity contribution < 1.29 is 28.4 Å². The summed E-state index contributed by atoms with van der Waals surface area (Å²) in [5.41, 5.74) is 6.53. The summed E-state index contributed by atoms with van der Waals surface area (Å²) in [7, 11) is -1.27. The number of benzene rings is 3. The van der Waals surface area contributed by atoms with Crippen LogP contribution in [0.3, 0.4) is 0 Å². The van der Waals surface area contributed by atoms with E-state index in [1.54, 1.807) is 24.3 Å². The lowest BCUT2D eigenvalue weighted by Crippen LogP contribution is -2.32. The number of carbonyl (C=O) groups is 2. The number of amides is 1. The topological polar surface area (TPSA) is 123 Å². The Hall–Kier alpha value is -4.74. The quantitative estimate of drug-likeness (QED) is 0.106. The minimum atomic E-state index is -1.27. The first-order chi connectivity index (χ1) is 25.2. The van der Waals surface area contributed by atoms with Crippen molar-refractivity contribution in [3.63, 3.8) is 0 Å². The largest absolute Gasteiger partial charge is 0.491 e. The van der Waals surface area contributed by atoms with Crippen LogP contribution in [0.4, 0.5) is 11.4 Å². The highest BCUT2D eigenvalue weighted by molar-refractivity contribution is 7.84. The third-order valence-corrected chi connectivity index (χ3v) is 10.4. The van der Waals surface area contributed by atoms with Crippen LogP contribution in [0.5, 0.6) is 5.75 Å². The fourth-order valence-electron chi connectivity index (χ4n) is 6.37. The van der Waals surface area contributed by atoms with E-state index in [2.05, 4.69) is 28.7 Å². The molecule has 1 unspecified atom stereocenters. The molecule has 11 heteroatoms. The Kier molecular flexibility index (Phi) is 13.8. The zero-order valence-electron chi connectivity index (χ0n) is 30.7. The lowest BCUT2D eigenvalue weighted by molar-refractivity contribution is -0.135. The first kappa shape index (κ1) is 38.5. The molecule has 1 aliphatic rings. The van der Waals surface area contributed by atoms with Gasteiger partial charge in [0.05, 0.1) is 34.5 Å². The molecule has 276 valence electrons. The van der Waals surface area contributed by atoms with E-state index in [1.165, 1.54) is 0 Å². The molecule has 0 radical (unpaired) electrons. The van der Waals surface area contributed by atoms with Crippen molar-refractivity contribution >= 4 is 40.1 Å². The molecule has 52 heavy (non-hydrogen) atoms. The fourth-order valence-corrected chi connectivity index (χ4v) is 7.58. The number of carboxylic acids is 1. The minimum absolute atomic E-state index is 0.135. The highest BCUT2D eigenvalue weighted by Crippen LogP contribution is 2.33. The third-order valence-electron chi connectivity index (χ3n) is 9.07. The van der Waals surface area contributed by atoms with Gasteiger partial charge in [-0.15, -0.1) is 0 Å². The maximum Gasteiger partial charge on any atom is 0.323 e. The van der Waals surface area contributed by atoms with Gasteiger partial charge in [-0.3, -0.25) is 13.8 Å². The number of hydrogen-bond donors (Lipinski definition) is 2. The SMILES string of the molecule is CCCCOCCOc1ccc(-c2ccc3c(c2)/C=C(/C(=O)Nc2ccc(S(=O)Cc4c(C)nc(C)n4CCC)cc2)CCCN3CC(=O)O)cc1. The maximum atomic E-state index is 13.7. The van der Waals surface area contributed by atoms with Gasteiger partial charge in [-0.05, 0) is 111 Å². The van der Waals surface area contributed by atoms with E-state index in [0.717, 1.165) is 77.8 Å². The summed E-state index contributed by atoms with van der Waals surface area (Å²) in [6.45, 7) is 11.1. The van der Waals surface area contributed by atoms with E-state index in [1.807, 2.05) is 67.3 Å². The van der Waals surface area contributed by atoms with Crippen molar-refractivity contribution in [3.8, 4) is 16.9 Å². The monoisotopic (exact) mass is 726 g/mol. The summed E-state index contributed by atoms with van der Waals surface area (Å²) in [4.78, 5) is 32.6. The Morgan fingerprint density at radius 2 is 1.69 bits per heavy atom. The predicted molar refractivity (Wildman–Crippen MR) is 207 cm³/mol. The summed E-state index contributed by atoms with van der Waals surface area (Å²) in [6.07, 6.45) is 6.06. The summed E-state index contributed by atoms with van der Waals surface area (Å²) in [5.74, 6) is 0.916. The van der Waals surface area contributed by atoms with Crippen LogP contribution in [0.2, 0.25) is 0 Å². The van der Waals surface area contributed by atoms with Gasteiger partial charge in [-0.25, -0.2) is 4.98 Å². The maximum absolute atomic E-state index is 13.7. The number of aromatic nitrogens is 2. The van der Waals surface area contributed by atoms with Crippen LogP contribution in [0.15, 0.2) is 77.2 Å². The normalized spacial score (nSPS) is 14.5. The number of anilines is 2. The molecule has 4 aromatic rings. The predicted octanol–water partition coefficient (Wildman–Crippen LogP) is 7.79. The molecule has 0 aliphatic carbocycles. The molecule has 10 nitrogen and oxygen atoms in total. The molecule has 1 aliphatic heterocycles. The summed E-state index contributed by atoms with van der Waals surface area (Å²) in [5, 5.41) is 12.7. The zero-order valence-corrected chi connectivity index (χ0v) is 31.5. The fraction of sp³-hybridized carbons (Fsp3) is 0.390. The molecule has 1 aromatic heterocycles. The van der Waals surface area contributed by atoms with Crippen LogP contribution >= 0.6 is 0 Å². The van der Waals surface area contributed by atoms with E-state index in [-0.39, 0.29) is 12.5 Å². The molecule has 0 spiro atoms. The van der Waals surface area contributed by atoms with E-state index in [0.29, 0.717) is 54.5 Å². The number of aryl methyl sites for hydroxylation is 2. The van der Waals surface area contributed by atoms with Crippen LogP contribution in [0.25, 0.3) is 17.2 Å². The standard InChI is InChI=1S/C41H50N4O6S/c1-5-7-22-50-23-24-51-36-15-10-31(11-16-36)32-12-19-38-34(25-32)26-33(9-8-21-44(38)27-40(46)47)41(48)43-35-13-17-37(18-14-35)52(49)28-39-29(3)42-30(4)45(39)20-6-2/h10-19,25-26H,5-9,20-24,27-28H2,1-4H3,(H,43,48)(H,46,47)/b33-26+. The summed E-state index contributed by atoms with van der Waals surface area (Å²) in [6, 6.07) is 20.9. The van der Waals surface area contributed by atoms with E-state index < -0.39 is 16.8 Å². The van der Waals surface area contributed by atoms with Gasteiger partial charge in [0.1, 0.15) is 24.7 Å². The van der Waals surface area contributed by atoms with Crippen molar-refractivity contribution in [1.82, 2.24) is 9.55 Å². The second-order valence-corrected chi connectivity index (χ2v) is 14.5. The molecular weight excluding hydrogens is 677 g/mol. The molecule has 0 saturated heterocycles. The van der Waals surface area contributed by atoms with Gasteiger partial charge in [-0.2, -0.15) is 0 Å². The Labute approximate surface area is 309 Å². The first-order valence-electron chi connectivity index (χ1n) is 18.1. The van der Waals surface area contributed by atoms with Crippen LogP contribution in [0.1, 0.15) is 68.7 Å². The lowest BCUT2D eigenvalue weighted by Gasteiger charge is -2.27. The molecular formula is C41H50N4O6S. The molecule has 3 aromatic carbocycles. The molecule has 2 N–H and O–H groups in total. The van der Waals surface area contributed by atoms with Gasteiger partial charge in [0.15, 0.2) is 0 Å². The summed E-state index contributed by atoms with van der Waals surface area (Å²) >= 11 is 0. The molecule has 5 rings (SSSR count). The van der Waals surface area contributed by atoms with Crippen molar-refractivity contribution in [2.75, 3.05) is 43.1 Å². The van der Waals surface area contributed by atoms with Gasteiger partial charge >= 0.3 is 5.97 Å². The van der Waals surface area contributed by atoms with Crippen molar-refractivity contribution in [1.29, 1.82) is 0 Å². The lowest BCUT2D eigenvalue weighted by atomic mass is 9.96. The summed E-state index contributed by atoms with van der Waals surface area (Å²) < 4.78 is 26.9. The van der Waals surface area contributed by atoms with Crippen molar-refractivity contribution in [3.05, 3.63) is 95.1 Å². The zero-order chi connectivity index (χ0) is 37.0. The van der Waals surface area contributed by atoms with Crippen LogP contribution in [0, 0.1) is 13.8 Å². The van der Waals surface area contributed by atoms with Crippen molar-refractivity contribution in [2.45, 2.75) is 77.0 Å². The van der Waals surface area contributed by atoms with Crippen molar-refractivity contribution in [2.24, 2.45) is 0 Å². The van der Waals surface area contributed by atoms with E-state index in [4.69, 9.17) is 9.47 Å². The number of hydrogen-bond acceptors (Lipinski definition) is 7. The highest BCUT2D eigenvalue weighted by Gasteiger charge is 2.21. The number of carboxylic acid groups (broad SMARTS) is 1. The number of ether oxygens (including phenoxy) is 2. The van der Waals surface area contributed by atoms with Gasteiger partial charge in [-0.1, -0.05) is 38.5 Å². The van der Waals surface area contributed by atoms with Crippen LogP contribution < -0.4 is 15.0 Å². The second-order valence-electron chi connectivity index (χ2n) is 13.0. The van der Waals surface area contributed by atoms with E-state index in [9.17, 15) is 18.9 Å². The molecule has 1 atom stereocenters. The average Bonchev–Trinajstić information content (AvgIpc) is 3.38. The molecule has 0 fully saturated rings. The van der Waals surface area contributed by atoms with Gasteiger partial charge in [0.25, 0.3) is 5.91 Å². The van der Waals surface area contributed by atoms with Gasteiger partial charge in [0, 0.05) is 41.5 Å². The average molecular weight is 727 g/mol. The highest BCUT2D eigenvalue weighted by atomic mass is 32.2. The molecule has 0 bridgehead atoms. The Balaban J connectivity index is 1.31. The third kappa shape index (κ3) is 10.2. The number of nitrogens with one attached hydrogen (secondary N) is 1. The molecule has 2 heterocycles. The Morgan fingerprint density at radius 3 is 2.40 bits per heavy atom. The molecule has 1 amide bonds. The number of aliphatic carboxylic acids is 1. The first-order valence-corrected chi connectivity index (χ1v) is 19.4. The number of nitrogens with zero attached hydrogens (tertiary/aromatic N) is 3. The Bertz CT molecular complexity index is 1880. The number of rotatable bonds is 17. The minimum Gasteiger partial charge on any atom is -0.491 e. The van der Waals surface area contributed by atoms with E-state index >= 15 is 0 Å². The molecule has 0 saturated carbocycles. The smallest absolute Gasteiger partial charge is 0.323 e. The van der Waals surface area contributed by atoms with Gasteiger partial charge < -0.3 is 29.4 Å². The Morgan fingerprint density at radius 1 is 0.942 bits per heavy atom.